The maximum absolute atomic E-state index is 13.3. The number of halogens is 1. The van der Waals surface area contributed by atoms with Crippen LogP contribution in [-0.4, -0.2) is 52.2 Å². The van der Waals surface area contributed by atoms with Crippen molar-refractivity contribution in [2.75, 3.05) is 19.0 Å². The summed E-state index contributed by atoms with van der Waals surface area (Å²) in [5.74, 6) is 0.437. The van der Waals surface area contributed by atoms with Crippen LogP contribution in [0.3, 0.4) is 0 Å². The molecule has 0 bridgehead atoms. The van der Waals surface area contributed by atoms with E-state index in [0.717, 1.165) is 11.1 Å². The number of benzene rings is 2. The fourth-order valence-electron chi connectivity index (χ4n) is 4.49. The van der Waals surface area contributed by atoms with Crippen LogP contribution in [0.15, 0.2) is 59.7 Å². The molecule has 0 radical (unpaired) electrons. The SMILES string of the molecule is COc1cc2c(cc1C(=O)Nc1cccc(C3=NNNN3C(C)C)n1)CN(C(=O)c1ccc(F)cc1)CC2. The largest absolute Gasteiger partial charge is 0.496 e. The second-order valence-electron chi connectivity index (χ2n) is 9.29. The van der Waals surface area contributed by atoms with Gasteiger partial charge in [0, 0.05) is 24.7 Å². The minimum absolute atomic E-state index is 0.123. The lowest BCUT2D eigenvalue weighted by Gasteiger charge is -2.30. The zero-order chi connectivity index (χ0) is 26.8. The molecule has 3 aromatic rings. The highest BCUT2D eigenvalue weighted by Gasteiger charge is 2.26. The van der Waals surface area contributed by atoms with E-state index in [4.69, 9.17) is 4.74 Å². The Balaban J connectivity index is 1.36. The van der Waals surface area contributed by atoms with Crippen molar-refractivity contribution in [1.82, 2.24) is 26.0 Å². The monoisotopic (exact) mass is 517 g/mol. The number of nitrogens with zero attached hydrogens (tertiary/aromatic N) is 4. The summed E-state index contributed by atoms with van der Waals surface area (Å²) in [6.45, 7) is 4.86. The lowest BCUT2D eigenvalue weighted by Crippen LogP contribution is -2.45. The number of hydrogen-bond acceptors (Lipinski definition) is 8. The summed E-state index contributed by atoms with van der Waals surface area (Å²) in [4.78, 5) is 32.6. The molecular formula is C27H28FN7O3. The molecule has 2 aliphatic rings. The molecule has 5 rings (SSSR count). The fraction of sp³-hybridized carbons (Fsp3) is 0.259. The number of fused-ring (bicyclic) bond motifs is 1. The number of ether oxygens (including phenoxy) is 1. The number of methoxy groups -OCH3 is 1. The topological polar surface area (TPSA) is 111 Å². The third-order valence-electron chi connectivity index (χ3n) is 6.45. The normalized spacial score (nSPS) is 14.6. The van der Waals surface area contributed by atoms with Crippen LogP contribution in [0, 0.1) is 5.82 Å². The molecule has 3 N–H and O–H groups in total. The summed E-state index contributed by atoms with van der Waals surface area (Å²) < 4.78 is 18.8. The number of pyridine rings is 1. The maximum Gasteiger partial charge on any atom is 0.260 e. The van der Waals surface area contributed by atoms with Gasteiger partial charge in [0.15, 0.2) is 5.84 Å². The van der Waals surface area contributed by atoms with E-state index in [9.17, 15) is 14.0 Å². The predicted octanol–water partition coefficient (Wildman–Crippen LogP) is 3.07. The van der Waals surface area contributed by atoms with Crippen molar-refractivity contribution in [1.29, 1.82) is 0 Å². The van der Waals surface area contributed by atoms with Crippen LogP contribution in [0.4, 0.5) is 10.2 Å². The molecule has 0 saturated heterocycles. The number of nitrogens with one attached hydrogen (secondary N) is 3. The second kappa shape index (κ2) is 10.5. The van der Waals surface area contributed by atoms with Gasteiger partial charge in [0.1, 0.15) is 23.1 Å². The second-order valence-corrected chi connectivity index (χ2v) is 9.29. The molecule has 196 valence electrons. The first-order valence-corrected chi connectivity index (χ1v) is 12.2. The number of amides is 2. The third kappa shape index (κ3) is 5.00. The zero-order valence-corrected chi connectivity index (χ0v) is 21.3. The zero-order valence-electron chi connectivity index (χ0n) is 21.3. The van der Waals surface area contributed by atoms with Gasteiger partial charge in [-0.1, -0.05) is 6.07 Å². The van der Waals surface area contributed by atoms with Crippen molar-refractivity contribution in [3.8, 4) is 5.75 Å². The summed E-state index contributed by atoms with van der Waals surface area (Å²) in [6, 6.07) is 14.5. The lowest BCUT2D eigenvalue weighted by molar-refractivity contribution is 0.0734. The Bertz CT molecular complexity index is 1410. The molecule has 0 aliphatic carbocycles. The van der Waals surface area contributed by atoms with Gasteiger partial charge in [0.2, 0.25) is 0 Å². The van der Waals surface area contributed by atoms with Crippen LogP contribution < -0.4 is 21.1 Å². The van der Waals surface area contributed by atoms with E-state index in [-0.39, 0.29) is 17.9 Å². The number of hydrazine groups is 2. The highest BCUT2D eigenvalue weighted by atomic mass is 19.1. The standard InChI is InChI=1S/C27H28FN7O3/c1-16(2)35-25(31-32-33-35)22-5-4-6-24(29-22)30-26(36)21-13-19-15-34(12-11-18(19)14-23(21)38-3)27(37)17-7-9-20(28)10-8-17/h4-10,13-14,16,32-33H,11-12,15H2,1-3H3,(H,29,30,36). The van der Waals surface area contributed by atoms with Crippen LogP contribution >= 0.6 is 0 Å². The van der Waals surface area contributed by atoms with Crippen molar-refractivity contribution in [3.05, 3.63) is 88.4 Å². The van der Waals surface area contributed by atoms with Crippen LogP contribution in [0.25, 0.3) is 0 Å². The summed E-state index contributed by atoms with van der Waals surface area (Å²) in [5, 5.41) is 8.93. The van der Waals surface area contributed by atoms with Crippen molar-refractivity contribution in [2.24, 2.45) is 5.10 Å². The maximum atomic E-state index is 13.3. The first kappa shape index (κ1) is 25.2. The molecule has 0 saturated carbocycles. The Morgan fingerprint density at radius 2 is 1.89 bits per heavy atom. The van der Waals surface area contributed by atoms with Gasteiger partial charge < -0.3 is 15.0 Å². The van der Waals surface area contributed by atoms with Crippen LogP contribution in [0.2, 0.25) is 0 Å². The highest BCUT2D eigenvalue weighted by molar-refractivity contribution is 6.06. The minimum Gasteiger partial charge on any atom is -0.496 e. The van der Waals surface area contributed by atoms with Crippen molar-refractivity contribution in [2.45, 2.75) is 32.9 Å². The van der Waals surface area contributed by atoms with Gasteiger partial charge in [-0.15, -0.1) is 10.6 Å². The molecule has 0 atom stereocenters. The first-order valence-electron chi connectivity index (χ1n) is 12.2. The fourth-order valence-corrected chi connectivity index (χ4v) is 4.49. The first-order chi connectivity index (χ1) is 18.3. The molecule has 0 spiro atoms. The number of anilines is 1. The van der Waals surface area contributed by atoms with Crippen molar-refractivity contribution >= 4 is 23.5 Å². The van der Waals surface area contributed by atoms with E-state index in [1.165, 1.54) is 31.4 Å². The predicted molar refractivity (Wildman–Crippen MR) is 140 cm³/mol. The summed E-state index contributed by atoms with van der Waals surface area (Å²) >= 11 is 0. The minimum atomic E-state index is -0.393. The van der Waals surface area contributed by atoms with E-state index < -0.39 is 5.82 Å². The number of hydrazone groups is 1. The van der Waals surface area contributed by atoms with Gasteiger partial charge in [-0.2, -0.15) is 0 Å². The molecule has 2 aliphatic heterocycles. The van der Waals surface area contributed by atoms with Crippen molar-refractivity contribution < 1.29 is 18.7 Å². The molecule has 10 nitrogen and oxygen atoms in total. The number of aromatic nitrogens is 1. The summed E-state index contributed by atoms with van der Waals surface area (Å²) in [7, 11) is 1.52. The molecule has 38 heavy (non-hydrogen) atoms. The number of rotatable bonds is 6. The highest BCUT2D eigenvalue weighted by Crippen LogP contribution is 2.29. The molecule has 1 aromatic heterocycles. The quantitative estimate of drug-likeness (QED) is 0.461. The van der Waals surface area contributed by atoms with Crippen LogP contribution in [0.5, 0.6) is 5.75 Å². The Morgan fingerprint density at radius 1 is 1.11 bits per heavy atom. The van der Waals surface area contributed by atoms with Gasteiger partial charge in [0.05, 0.1) is 12.7 Å². The Morgan fingerprint density at radius 3 is 2.63 bits per heavy atom. The molecule has 2 aromatic carbocycles. The third-order valence-corrected chi connectivity index (χ3v) is 6.45. The molecule has 0 fully saturated rings. The molecule has 11 heteroatoms. The Kier molecular flexibility index (Phi) is 6.93. The average molecular weight is 518 g/mol. The lowest BCUT2D eigenvalue weighted by atomic mass is 9.95. The van der Waals surface area contributed by atoms with Gasteiger partial charge in [-0.05, 0) is 79.9 Å². The van der Waals surface area contributed by atoms with E-state index in [0.29, 0.717) is 53.7 Å². The van der Waals surface area contributed by atoms with Crippen LogP contribution in [0.1, 0.15) is 51.4 Å². The van der Waals surface area contributed by atoms with E-state index in [2.05, 4.69) is 26.5 Å². The van der Waals surface area contributed by atoms with E-state index >= 15 is 0 Å². The molecule has 2 amide bonds. The van der Waals surface area contributed by atoms with Gasteiger partial charge in [-0.3, -0.25) is 14.6 Å². The Hall–Kier alpha value is -4.51. The van der Waals surface area contributed by atoms with Crippen molar-refractivity contribution in [3.63, 3.8) is 0 Å². The number of amidine groups is 1. The smallest absolute Gasteiger partial charge is 0.260 e. The Labute approximate surface area is 219 Å². The summed E-state index contributed by atoms with van der Waals surface area (Å²) in [6.07, 6.45) is 0.612. The molecule has 0 unspecified atom stereocenters. The van der Waals surface area contributed by atoms with Crippen LogP contribution in [-0.2, 0) is 13.0 Å². The van der Waals surface area contributed by atoms with Gasteiger partial charge in [-0.25, -0.2) is 14.9 Å². The molecule has 3 heterocycles. The summed E-state index contributed by atoms with van der Waals surface area (Å²) in [5.41, 5.74) is 8.88. The number of carbonyl (C=O) groups is 2. The van der Waals surface area contributed by atoms with E-state index in [1.807, 2.05) is 31.0 Å². The van der Waals surface area contributed by atoms with Gasteiger partial charge >= 0.3 is 0 Å². The number of hydrogen-bond donors (Lipinski definition) is 3. The number of carbonyl (C=O) groups excluding carboxylic acids is 2. The average Bonchev–Trinajstić information content (AvgIpc) is 3.43. The van der Waals surface area contributed by atoms with Gasteiger partial charge in [0.25, 0.3) is 11.8 Å². The molecular weight excluding hydrogens is 489 g/mol. The van der Waals surface area contributed by atoms with E-state index in [1.54, 1.807) is 23.1 Å².